The molecule has 2 fully saturated rings. The number of nitrogens with zero attached hydrogens (tertiary/aromatic N) is 3. The molecule has 2 aliphatic heterocycles. The van der Waals surface area contributed by atoms with Gasteiger partial charge >= 0.3 is 6.03 Å². The van der Waals surface area contributed by atoms with E-state index in [9.17, 15) is 18.8 Å². The van der Waals surface area contributed by atoms with Gasteiger partial charge in [0, 0.05) is 48.0 Å². The number of hydrogen-bond acceptors (Lipinski definition) is 5. The number of carbonyl (C=O) groups is 3. The average molecular weight is 473 g/mol. The number of imide groups is 1. The Bertz CT molecular complexity index is 1040. The molecule has 4 rings (SSSR count). The first kappa shape index (κ1) is 23.4. The molecule has 3 heterocycles. The lowest BCUT2D eigenvalue weighted by molar-refractivity contribution is -0.140. The summed E-state index contributed by atoms with van der Waals surface area (Å²) >= 11 is 1.58. The van der Waals surface area contributed by atoms with Crippen molar-refractivity contribution < 1.29 is 18.8 Å². The highest BCUT2D eigenvalue weighted by Gasteiger charge is 2.49. The third kappa shape index (κ3) is 4.65. The van der Waals surface area contributed by atoms with Gasteiger partial charge in [0.25, 0.3) is 5.91 Å². The molecule has 2 aliphatic rings. The molecule has 0 radical (unpaired) electrons. The lowest BCUT2D eigenvalue weighted by Gasteiger charge is -2.35. The molecular formula is C24H29FN4O3S. The van der Waals surface area contributed by atoms with Crippen molar-refractivity contribution in [2.45, 2.75) is 38.8 Å². The SMILES string of the molecule is CCC1(CC)NC(=O)N(CC(=O)N2CCN(Cc3ccc(-c4ccccc4F)s3)CC2)C1=O. The molecule has 0 atom stereocenters. The highest BCUT2D eigenvalue weighted by atomic mass is 32.1. The Balaban J connectivity index is 1.30. The zero-order chi connectivity index (χ0) is 23.6. The molecule has 33 heavy (non-hydrogen) atoms. The highest BCUT2D eigenvalue weighted by molar-refractivity contribution is 7.15. The van der Waals surface area contributed by atoms with Crippen LogP contribution in [0, 0.1) is 5.82 Å². The zero-order valence-electron chi connectivity index (χ0n) is 19.0. The van der Waals surface area contributed by atoms with Crippen molar-refractivity contribution >= 4 is 29.2 Å². The summed E-state index contributed by atoms with van der Waals surface area (Å²) in [6, 6.07) is 10.2. The van der Waals surface area contributed by atoms with Crippen LogP contribution in [0.2, 0.25) is 0 Å². The minimum absolute atomic E-state index is 0.209. The van der Waals surface area contributed by atoms with Crippen LogP contribution in [0.4, 0.5) is 9.18 Å². The maximum atomic E-state index is 14.0. The summed E-state index contributed by atoms with van der Waals surface area (Å²) in [5, 5.41) is 2.76. The normalized spacial score (nSPS) is 18.6. The first-order chi connectivity index (χ1) is 15.9. The largest absolute Gasteiger partial charge is 0.339 e. The maximum Gasteiger partial charge on any atom is 0.325 e. The molecule has 9 heteroatoms. The van der Waals surface area contributed by atoms with Crippen molar-refractivity contribution in [1.82, 2.24) is 20.0 Å². The molecular weight excluding hydrogens is 443 g/mol. The number of benzene rings is 1. The molecule has 176 valence electrons. The van der Waals surface area contributed by atoms with E-state index in [1.165, 1.54) is 6.07 Å². The summed E-state index contributed by atoms with van der Waals surface area (Å²) in [6.07, 6.45) is 0.998. The van der Waals surface area contributed by atoms with Crippen LogP contribution in [0.5, 0.6) is 0 Å². The van der Waals surface area contributed by atoms with Gasteiger partial charge in [0.2, 0.25) is 5.91 Å². The van der Waals surface area contributed by atoms with Gasteiger partial charge in [0.1, 0.15) is 17.9 Å². The number of carbonyl (C=O) groups excluding carboxylic acids is 3. The fourth-order valence-electron chi connectivity index (χ4n) is 4.43. The first-order valence-electron chi connectivity index (χ1n) is 11.3. The summed E-state index contributed by atoms with van der Waals surface area (Å²) in [4.78, 5) is 44.9. The Morgan fingerprint density at radius 1 is 1.06 bits per heavy atom. The van der Waals surface area contributed by atoms with Crippen LogP contribution in [0.15, 0.2) is 36.4 Å². The monoisotopic (exact) mass is 472 g/mol. The Morgan fingerprint density at radius 2 is 1.76 bits per heavy atom. The third-order valence-corrected chi connectivity index (χ3v) is 7.76. The van der Waals surface area contributed by atoms with Crippen molar-refractivity contribution in [3.05, 3.63) is 47.1 Å². The predicted molar refractivity (Wildman–Crippen MR) is 125 cm³/mol. The zero-order valence-corrected chi connectivity index (χ0v) is 19.8. The smallest absolute Gasteiger partial charge is 0.325 e. The molecule has 1 N–H and O–H groups in total. The Labute approximate surface area is 197 Å². The van der Waals surface area contributed by atoms with Gasteiger partial charge in [0.05, 0.1) is 0 Å². The summed E-state index contributed by atoms with van der Waals surface area (Å²) in [5.41, 5.74) is -0.280. The number of thiophene rings is 1. The van der Waals surface area contributed by atoms with Crippen LogP contribution in [-0.2, 0) is 16.1 Å². The first-order valence-corrected chi connectivity index (χ1v) is 12.2. The van der Waals surface area contributed by atoms with Crippen LogP contribution in [-0.4, -0.2) is 70.8 Å². The lowest BCUT2D eigenvalue weighted by atomic mass is 9.93. The van der Waals surface area contributed by atoms with Crippen LogP contribution in [0.25, 0.3) is 10.4 Å². The summed E-state index contributed by atoms with van der Waals surface area (Å²) in [6.45, 7) is 6.73. The molecule has 0 saturated carbocycles. The van der Waals surface area contributed by atoms with Crippen molar-refractivity contribution in [3.63, 3.8) is 0 Å². The van der Waals surface area contributed by atoms with Crippen molar-refractivity contribution in [3.8, 4) is 10.4 Å². The van der Waals surface area contributed by atoms with Crippen LogP contribution < -0.4 is 5.32 Å². The Kier molecular flexibility index (Phi) is 6.81. The van der Waals surface area contributed by atoms with E-state index in [0.717, 1.165) is 21.2 Å². The van der Waals surface area contributed by atoms with E-state index >= 15 is 0 Å². The van der Waals surface area contributed by atoms with E-state index < -0.39 is 11.6 Å². The summed E-state index contributed by atoms with van der Waals surface area (Å²) < 4.78 is 14.0. The number of rotatable bonds is 7. The second-order valence-corrected chi connectivity index (χ2v) is 9.68. The topological polar surface area (TPSA) is 73.0 Å². The van der Waals surface area contributed by atoms with Crippen LogP contribution in [0.1, 0.15) is 31.6 Å². The molecule has 1 aromatic heterocycles. The van der Waals surface area contributed by atoms with Crippen molar-refractivity contribution in [1.29, 1.82) is 0 Å². The lowest BCUT2D eigenvalue weighted by Crippen LogP contribution is -2.52. The standard InChI is InChI=1S/C24H29FN4O3S/c1-3-24(4-2)22(31)29(23(32)26-24)16-21(30)28-13-11-27(12-14-28)15-17-9-10-20(33-17)18-7-5-6-8-19(18)25/h5-10H,3-4,11-16H2,1-2H3,(H,26,32). The van der Waals surface area contributed by atoms with E-state index in [0.29, 0.717) is 44.6 Å². The fourth-order valence-corrected chi connectivity index (χ4v) is 5.51. The van der Waals surface area contributed by atoms with Gasteiger partial charge in [-0.3, -0.25) is 19.4 Å². The van der Waals surface area contributed by atoms with E-state index in [-0.39, 0.29) is 24.2 Å². The molecule has 7 nitrogen and oxygen atoms in total. The minimum Gasteiger partial charge on any atom is -0.339 e. The van der Waals surface area contributed by atoms with E-state index in [4.69, 9.17) is 0 Å². The van der Waals surface area contributed by atoms with E-state index in [2.05, 4.69) is 10.2 Å². The maximum absolute atomic E-state index is 14.0. The highest BCUT2D eigenvalue weighted by Crippen LogP contribution is 2.31. The molecule has 2 aromatic rings. The number of halogens is 1. The molecule has 0 unspecified atom stereocenters. The van der Waals surface area contributed by atoms with Gasteiger partial charge in [-0.25, -0.2) is 9.18 Å². The van der Waals surface area contributed by atoms with Crippen LogP contribution >= 0.6 is 11.3 Å². The third-order valence-electron chi connectivity index (χ3n) is 6.65. The molecule has 0 bridgehead atoms. The minimum atomic E-state index is -0.891. The fraction of sp³-hybridized carbons (Fsp3) is 0.458. The quantitative estimate of drug-likeness (QED) is 0.628. The predicted octanol–water partition coefficient (Wildman–Crippen LogP) is 3.31. The average Bonchev–Trinajstić information content (AvgIpc) is 3.38. The second-order valence-electron chi connectivity index (χ2n) is 8.51. The van der Waals surface area contributed by atoms with Crippen LogP contribution in [0.3, 0.4) is 0 Å². The van der Waals surface area contributed by atoms with Gasteiger partial charge in [0.15, 0.2) is 0 Å². The Hall–Kier alpha value is -2.78. The van der Waals surface area contributed by atoms with Gasteiger partial charge in [-0.2, -0.15) is 0 Å². The number of nitrogens with one attached hydrogen (secondary N) is 1. The molecule has 1 aromatic carbocycles. The van der Waals surface area contributed by atoms with E-state index in [1.807, 2.05) is 32.0 Å². The van der Waals surface area contributed by atoms with Crippen molar-refractivity contribution in [2.24, 2.45) is 0 Å². The molecule has 2 saturated heterocycles. The number of hydrogen-bond donors (Lipinski definition) is 1. The summed E-state index contributed by atoms with van der Waals surface area (Å²) in [5.74, 6) is -0.745. The van der Waals surface area contributed by atoms with Gasteiger partial charge in [-0.1, -0.05) is 32.0 Å². The Morgan fingerprint density at radius 3 is 2.39 bits per heavy atom. The van der Waals surface area contributed by atoms with Gasteiger partial charge in [-0.05, 0) is 31.0 Å². The van der Waals surface area contributed by atoms with Gasteiger partial charge in [-0.15, -0.1) is 11.3 Å². The molecule has 4 amide bonds. The van der Waals surface area contributed by atoms with Crippen molar-refractivity contribution in [2.75, 3.05) is 32.7 Å². The van der Waals surface area contributed by atoms with E-state index in [1.54, 1.807) is 28.4 Å². The summed E-state index contributed by atoms with van der Waals surface area (Å²) in [7, 11) is 0. The van der Waals surface area contributed by atoms with Gasteiger partial charge < -0.3 is 10.2 Å². The second kappa shape index (κ2) is 9.61. The number of urea groups is 1. The number of piperazine rings is 1. The number of amides is 4. The molecule has 0 spiro atoms. The molecule has 0 aliphatic carbocycles.